The van der Waals surface area contributed by atoms with Gasteiger partial charge in [0.25, 0.3) is 0 Å². The molecule has 202 valence electrons. The van der Waals surface area contributed by atoms with Crippen LogP contribution in [-0.2, 0) is 6.54 Å². The Balaban J connectivity index is 1.20. The number of amides is 1. The summed E-state index contributed by atoms with van der Waals surface area (Å²) in [7, 11) is 0. The van der Waals surface area contributed by atoms with Gasteiger partial charge in [0.1, 0.15) is 16.6 Å². The highest BCUT2D eigenvalue weighted by Crippen LogP contribution is 2.26. The number of likely N-dealkylation sites (tertiary alicyclic amines) is 1. The first kappa shape index (κ1) is 26.6. The standard InChI is InChI=1S/C29H32N6O3S/c36-29(37)35(20-24-21-39-27(31-24)22-9-3-1-4-10-22)26-13-14-30-28(33-26)32-23-11-7-12-25(19-23)38-18-8-17-34-15-5-2-6-16-34/h1,3-4,7,9-14,19,21H,2,5-6,8,15-18,20H2,(H,36,37)(H,30,32,33). The molecule has 5 rings (SSSR count). The number of rotatable bonds is 11. The molecule has 0 bridgehead atoms. The molecule has 0 atom stereocenters. The van der Waals surface area contributed by atoms with Crippen LogP contribution in [0.15, 0.2) is 72.2 Å². The van der Waals surface area contributed by atoms with Crippen molar-refractivity contribution in [2.45, 2.75) is 32.2 Å². The Morgan fingerprint density at radius 1 is 1.05 bits per heavy atom. The van der Waals surface area contributed by atoms with Crippen molar-refractivity contribution in [1.82, 2.24) is 19.9 Å². The maximum Gasteiger partial charge on any atom is 0.413 e. The van der Waals surface area contributed by atoms with Crippen molar-refractivity contribution in [2.75, 3.05) is 36.5 Å². The van der Waals surface area contributed by atoms with Gasteiger partial charge in [-0.2, -0.15) is 4.98 Å². The van der Waals surface area contributed by atoms with E-state index in [0.29, 0.717) is 18.2 Å². The largest absolute Gasteiger partial charge is 0.493 e. The number of hydrogen-bond acceptors (Lipinski definition) is 8. The van der Waals surface area contributed by atoms with E-state index in [2.05, 4.69) is 25.2 Å². The molecule has 0 unspecified atom stereocenters. The number of aromatic nitrogens is 3. The maximum atomic E-state index is 12.1. The highest BCUT2D eigenvalue weighted by Gasteiger charge is 2.19. The molecule has 1 saturated heterocycles. The third-order valence-electron chi connectivity index (χ3n) is 6.47. The monoisotopic (exact) mass is 544 g/mol. The summed E-state index contributed by atoms with van der Waals surface area (Å²) in [6.07, 6.45) is 5.34. The number of benzene rings is 2. The molecule has 0 radical (unpaired) electrons. The molecule has 1 aliphatic rings. The van der Waals surface area contributed by atoms with E-state index in [-0.39, 0.29) is 12.4 Å². The molecule has 9 nitrogen and oxygen atoms in total. The zero-order valence-corrected chi connectivity index (χ0v) is 22.5. The van der Waals surface area contributed by atoms with Crippen LogP contribution in [0.1, 0.15) is 31.4 Å². The van der Waals surface area contributed by atoms with Crippen molar-refractivity contribution in [3.8, 4) is 16.3 Å². The molecule has 1 aliphatic heterocycles. The van der Waals surface area contributed by atoms with Gasteiger partial charge in [-0.15, -0.1) is 11.3 Å². The molecule has 4 aromatic rings. The summed E-state index contributed by atoms with van der Waals surface area (Å²) in [6.45, 7) is 4.18. The molecular formula is C29H32N6O3S. The number of thiazole rings is 1. The zero-order valence-electron chi connectivity index (χ0n) is 21.7. The topological polar surface area (TPSA) is 104 Å². The number of carbonyl (C=O) groups is 1. The summed E-state index contributed by atoms with van der Waals surface area (Å²) in [4.78, 5) is 29.2. The summed E-state index contributed by atoms with van der Waals surface area (Å²) < 4.78 is 5.97. The van der Waals surface area contributed by atoms with Crippen molar-refractivity contribution in [2.24, 2.45) is 0 Å². The second kappa shape index (κ2) is 13.2. The molecule has 39 heavy (non-hydrogen) atoms. The summed E-state index contributed by atoms with van der Waals surface area (Å²) >= 11 is 1.48. The van der Waals surface area contributed by atoms with Gasteiger partial charge in [0.15, 0.2) is 0 Å². The summed E-state index contributed by atoms with van der Waals surface area (Å²) in [5.74, 6) is 1.32. The molecule has 1 amide bonds. The van der Waals surface area contributed by atoms with Crippen LogP contribution in [0.4, 0.5) is 22.2 Å². The van der Waals surface area contributed by atoms with Crippen LogP contribution in [0, 0.1) is 0 Å². The lowest BCUT2D eigenvalue weighted by Crippen LogP contribution is -2.31. The molecule has 2 aromatic heterocycles. The maximum absolute atomic E-state index is 12.1. The first-order chi connectivity index (χ1) is 19.1. The van der Waals surface area contributed by atoms with Crippen LogP contribution in [0.5, 0.6) is 5.75 Å². The van der Waals surface area contributed by atoms with Gasteiger partial charge in [0.2, 0.25) is 5.95 Å². The van der Waals surface area contributed by atoms with Gasteiger partial charge in [-0.1, -0.05) is 42.8 Å². The Bertz CT molecular complexity index is 1360. The Kier molecular flexibility index (Phi) is 8.97. The van der Waals surface area contributed by atoms with Crippen molar-refractivity contribution in [1.29, 1.82) is 0 Å². The van der Waals surface area contributed by atoms with Gasteiger partial charge in [0, 0.05) is 35.4 Å². The summed E-state index contributed by atoms with van der Waals surface area (Å²) in [5.41, 5.74) is 2.41. The first-order valence-electron chi connectivity index (χ1n) is 13.2. The average Bonchev–Trinajstić information content (AvgIpc) is 3.44. The molecule has 2 aromatic carbocycles. The fourth-order valence-electron chi connectivity index (χ4n) is 4.52. The minimum atomic E-state index is -1.12. The van der Waals surface area contributed by atoms with E-state index in [9.17, 15) is 9.90 Å². The lowest BCUT2D eigenvalue weighted by molar-refractivity contribution is 0.201. The Labute approximate surface area is 232 Å². The quantitative estimate of drug-likeness (QED) is 0.213. The number of carboxylic acid groups (broad SMARTS) is 1. The predicted octanol–water partition coefficient (Wildman–Crippen LogP) is 6.28. The van der Waals surface area contributed by atoms with Crippen LogP contribution >= 0.6 is 11.3 Å². The van der Waals surface area contributed by atoms with E-state index in [4.69, 9.17) is 4.74 Å². The Morgan fingerprint density at radius 3 is 2.72 bits per heavy atom. The van der Waals surface area contributed by atoms with E-state index in [1.54, 1.807) is 6.07 Å². The van der Waals surface area contributed by atoms with E-state index >= 15 is 0 Å². The van der Waals surface area contributed by atoms with Gasteiger partial charge in [-0.05, 0) is 50.6 Å². The molecule has 0 saturated carbocycles. The smallest absolute Gasteiger partial charge is 0.413 e. The number of anilines is 3. The van der Waals surface area contributed by atoms with E-state index < -0.39 is 6.09 Å². The second-order valence-corrected chi connectivity index (χ2v) is 10.2. The number of piperidine rings is 1. The lowest BCUT2D eigenvalue weighted by Gasteiger charge is -2.26. The van der Waals surface area contributed by atoms with Crippen molar-refractivity contribution >= 4 is 34.9 Å². The number of ether oxygens (including phenoxy) is 1. The van der Waals surface area contributed by atoms with Gasteiger partial charge >= 0.3 is 6.09 Å². The predicted molar refractivity (Wildman–Crippen MR) is 154 cm³/mol. The number of nitrogens with one attached hydrogen (secondary N) is 1. The Morgan fingerprint density at radius 2 is 1.90 bits per heavy atom. The Hall–Kier alpha value is -4.02. The van der Waals surface area contributed by atoms with E-state index in [0.717, 1.165) is 35.0 Å². The van der Waals surface area contributed by atoms with Gasteiger partial charge in [-0.3, -0.25) is 4.90 Å². The number of hydrogen-bond donors (Lipinski definition) is 2. The van der Waals surface area contributed by atoms with Crippen molar-refractivity contribution in [3.63, 3.8) is 0 Å². The highest BCUT2D eigenvalue weighted by molar-refractivity contribution is 7.13. The van der Waals surface area contributed by atoms with Crippen LogP contribution in [-0.4, -0.2) is 57.3 Å². The molecule has 2 N–H and O–H groups in total. The van der Waals surface area contributed by atoms with Gasteiger partial charge in [0.05, 0.1) is 18.8 Å². The van der Waals surface area contributed by atoms with E-state index in [1.165, 1.54) is 54.8 Å². The first-order valence-corrected chi connectivity index (χ1v) is 14.1. The average molecular weight is 545 g/mol. The molecule has 3 heterocycles. The molecule has 0 spiro atoms. The third-order valence-corrected chi connectivity index (χ3v) is 7.41. The highest BCUT2D eigenvalue weighted by atomic mass is 32.1. The van der Waals surface area contributed by atoms with Crippen molar-refractivity contribution < 1.29 is 14.6 Å². The number of nitrogens with zero attached hydrogens (tertiary/aromatic N) is 5. The van der Waals surface area contributed by atoms with Crippen molar-refractivity contribution in [3.05, 3.63) is 77.9 Å². The zero-order chi connectivity index (χ0) is 26.9. The molecule has 10 heteroatoms. The summed E-state index contributed by atoms with van der Waals surface area (Å²) in [6, 6.07) is 19.0. The van der Waals surface area contributed by atoms with Crippen LogP contribution < -0.4 is 15.0 Å². The minimum Gasteiger partial charge on any atom is -0.493 e. The lowest BCUT2D eigenvalue weighted by atomic mass is 10.1. The normalized spacial score (nSPS) is 13.6. The van der Waals surface area contributed by atoms with Gasteiger partial charge in [-0.25, -0.2) is 14.8 Å². The fourth-order valence-corrected chi connectivity index (χ4v) is 5.33. The molecule has 1 fully saturated rings. The van der Waals surface area contributed by atoms with E-state index in [1.807, 2.05) is 60.0 Å². The SMILES string of the molecule is O=C(O)N(Cc1csc(-c2ccccc2)n1)c1ccnc(Nc2cccc(OCCCN3CCCCC3)c2)n1. The fraction of sp³-hybridized carbons (Fsp3) is 0.310. The molecule has 0 aliphatic carbocycles. The van der Waals surface area contributed by atoms with Crippen LogP contribution in [0.3, 0.4) is 0 Å². The van der Waals surface area contributed by atoms with Crippen LogP contribution in [0.2, 0.25) is 0 Å². The van der Waals surface area contributed by atoms with Crippen LogP contribution in [0.25, 0.3) is 10.6 Å². The summed E-state index contributed by atoms with van der Waals surface area (Å²) in [5, 5.41) is 15.8. The van der Waals surface area contributed by atoms with Gasteiger partial charge < -0.3 is 20.1 Å². The second-order valence-electron chi connectivity index (χ2n) is 9.37. The minimum absolute atomic E-state index is 0.0792. The third kappa shape index (κ3) is 7.52. The molecular weight excluding hydrogens is 512 g/mol.